The van der Waals surface area contributed by atoms with Crippen LogP contribution in [0.5, 0.6) is 0 Å². The Morgan fingerprint density at radius 3 is 2.75 bits per heavy atom. The van der Waals surface area contributed by atoms with E-state index in [9.17, 15) is 4.79 Å². The van der Waals surface area contributed by atoms with Crippen LogP contribution >= 0.6 is 15.9 Å². The lowest BCUT2D eigenvalue weighted by Gasteiger charge is -2.12. The summed E-state index contributed by atoms with van der Waals surface area (Å²) in [6.45, 7) is 1.94. The highest BCUT2D eigenvalue weighted by Gasteiger charge is 2.28. The van der Waals surface area contributed by atoms with E-state index in [2.05, 4.69) is 36.4 Å². The molecule has 3 rings (SSSR count). The minimum Gasteiger partial charge on any atom is -0.343 e. The Balaban J connectivity index is 1.66. The van der Waals surface area contributed by atoms with E-state index in [1.54, 1.807) is 0 Å². The number of hydrogen-bond acceptors (Lipinski definition) is 3. The lowest BCUT2D eigenvalue weighted by atomic mass is 10.1. The second-order valence-corrected chi connectivity index (χ2v) is 5.98. The van der Waals surface area contributed by atoms with Crippen molar-refractivity contribution < 1.29 is 4.79 Å². The van der Waals surface area contributed by atoms with Crippen LogP contribution in [0.4, 0.5) is 0 Å². The number of H-pyrrole nitrogens is 1. The van der Waals surface area contributed by atoms with Gasteiger partial charge in [0.15, 0.2) is 0 Å². The third-order valence-corrected chi connectivity index (χ3v) is 3.92. The SMILES string of the molecule is C[C@@H](NC(=O)c1n[nH]c(C2CC2)n1)c1ccc(Br)cc1. The Labute approximate surface area is 125 Å². The maximum atomic E-state index is 12.1. The zero-order chi connectivity index (χ0) is 14.1. The lowest BCUT2D eigenvalue weighted by Crippen LogP contribution is -2.27. The summed E-state index contributed by atoms with van der Waals surface area (Å²) < 4.78 is 1.02. The molecule has 5 nitrogen and oxygen atoms in total. The number of hydrogen-bond donors (Lipinski definition) is 2. The predicted molar refractivity (Wildman–Crippen MR) is 78.4 cm³/mol. The molecule has 6 heteroatoms. The van der Waals surface area contributed by atoms with E-state index in [1.165, 1.54) is 0 Å². The highest BCUT2D eigenvalue weighted by Crippen LogP contribution is 2.37. The molecule has 1 fully saturated rings. The average Bonchev–Trinajstić information content (AvgIpc) is 3.17. The maximum Gasteiger partial charge on any atom is 0.291 e. The lowest BCUT2D eigenvalue weighted by molar-refractivity contribution is 0.0929. The number of aromatic amines is 1. The molecule has 0 radical (unpaired) electrons. The Morgan fingerprint density at radius 1 is 1.40 bits per heavy atom. The Bertz CT molecular complexity index is 618. The van der Waals surface area contributed by atoms with Gasteiger partial charge in [-0.3, -0.25) is 9.89 Å². The number of amides is 1. The van der Waals surface area contributed by atoms with Crippen LogP contribution in [0, 0.1) is 0 Å². The summed E-state index contributed by atoms with van der Waals surface area (Å²) in [5, 5.41) is 9.73. The van der Waals surface area contributed by atoms with E-state index >= 15 is 0 Å². The van der Waals surface area contributed by atoms with Gasteiger partial charge in [-0.25, -0.2) is 4.98 Å². The molecule has 1 amide bonds. The third-order valence-electron chi connectivity index (χ3n) is 3.39. The van der Waals surface area contributed by atoms with Crippen molar-refractivity contribution in [2.45, 2.75) is 31.7 Å². The molecule has 1 aromatic heterocycles. The molecule has 20 heavy (non-hydrogen) atoms. The Kier molecular flexibility index (Phi) is 3.56. The molecular weight excluding hydrogens is 320 g/mol. The van der Waals surface area contributed by atoms with Gasteiger partial charge in [0.25, 0.3) is 5.91 Å². The van der Waals surface area contributed by atoms with Crippen LogP contribution in [-0.4, -0.2) is 21.1 Å². The van der Waals surface area contributed by atoms with Crippen LogP contribution in [0.3, 0.4) is 0 Å². The normalized spacial score (nSPS) is 15.9. The molecule has 1 aliphatic rings. The number of halogens is 1. The molecule has 0 aliphatic heterocycles. The number of carbonyl (C=O) groups is 1. The number of carbonyl (C=O) groups excluding carboxylic acids is 1. The summed E-state index contributed by atoms with van der Waals surface area (Å²) in [7, 11) is 0. The van der Waals surface area contributed by atoms with Gasteiger partial charge in [-0.15, -0.1) is 5.10 Å². The van der Waals surface area contributed by atoms with Crippen molar-refractivity contribution >= 4 is 21.8 Å². The van der Waals surface area contributed by atoms with Crippen molar-refractivity contribution in [3.8, 4) is 0 Å². The zero-order valence-electron chi connectivity index (χ0n) is 11.1. The quantitative estimate of drug-likeness (QED) is 0.902. The zero-order valence-corrected chi connectivity index (χ0v) is 12.6. The summed E-state index contributed by atoms with van der Waals surface area (Å²) in [5.74, 6) is 1.26. The largest absolute Gasteiger partial charge is 0.343 e. The van der Waals surface area contributed by atoms with Crippen molar-refractivity contribution in [1.82, 2.24) is 20.5 Å². The maximum absolute atomic E-state index is 12.1. The molecular formula is C14H15BrN4O. The fraction of sp³-hybridized carbons (Fsp3) is 0.357. The highest BCUT2D eigenvalue weighted by atomic mass is 79.9. The second kappa shape index (κ2) is 5.36. The summed E-state index contributed by atoms with van der Waals surface area (Å²) in [4.78, 5) is 16.3. The van der Waals surface area contributed by atoms with Crippen LogP contribution in [-0.2, 0) is 0 Å². The first-order valence-electron chi connectivity index (χ1n) is 6.62. The second-order valence-electron chi connectivity index (χ2n) is 5.07. The minimum atomic E-state index is -0.247. The van der Waals surface area contributed by atoms with Gasteiger partial charge in [-0.1, -0.05) is 28.1 Å². The number of rotatable bonds is 4. The van der Waals surface area contributed by atoms with Crippen LogP contribution in [0.2, 0.25) is 0 Å². The number of nitrogens with zero attached hydrogens (tertiary/aromatic N) is 2. The molecule has 2 aromatic rings. The van der Waals surface area contributed by atoms with E-state index in [-0.39, 0.29) is 17.8 Å². The van der Waals surface area contributed by atoms with Gasteiger partial charge in [0.1, 0.15) is 5.82 Å². The topological polar surface area (TPSA) is 70.7 Å². The standard InChI is InChI=1S/C14H15BrN4O/c1-8(9-4-6-11(15)7-5-9)16-14(20)13-17-12(18-19-13)10-2-3-10/h4-8,10H,2-3H2,1H3,(H,16,20)(H,17,18,19)/t8-/m1/s1. The van der Waals surface area contributed by atoms with E-state index in [4.69, 9.17) is 0 Å². The van der Waals surface area contributed by atoms with Crippen LogP contribution in [0.25, 0.3) is 0 Å². The first-order valence-corrected chi connectivity index (χ1v) is 7.41. The molecule has 1 aromatic carbocycles. The predicted octanol–water partition coefficient (Wildman–Crippen LogP) is 2.94. The molecule has 1 heterocycles. The molecule has 2 N–H and O–H groups in total. The van der Waals surface area contributed by atoms with Crippen molar-refractivity contribution in [1.29, 1.82) is 0 Å². The molecule has 1 atom stereocenters. The van der Waals surface area contributed by atoms with Crippen LogP contribution in [0.1, 0.15) is 53.7 Å². The van der Waals surface area contributed by atoms with E-state index < -0.39 is 0 Å². The van der Waals surface area contributed by atoms with E-state index in [1.807, 2.05) is 31.2 Å². The van der Waals surface area contributed by atoms with Gasteiger partial charge in [-0.2, -0.15) is 0 Å². The van der Waals surface area contributed by atoms with Gasteiger partial charge in [0.2, 0.25) is 5.82 Å². The molecule has 0 spiro atoms. The molecule has 0 saturated heterocycles. The van der Waals surface area contributed by atoms with E-state index in [0.717, 1.165) is 28.7 Å². The Morgan fingerprint density at radius 2 is 2.10 bits per heavy atom. The number of benzene rings is 1. The molecule has 1 aliphatic carbocycles. The van der Waals surface area contributed by atoms with Crippen molar-refractivity contribution in [2.24, 2.45) is 0 Å². The fourth-order valence-electron chi connectivity index (χ4n) is 2.01. The minimum absolute atomic E-state index is 0.0847. The molecule has 1 saturated carbocycles. The van der Waals surface area contributed by atoms with Gasteiger partial charge in [0.05, 0.1) is 6.04 Å². The van der Waals surface area contributed by atoms with Crippen molar-refractivity contribution in [3.63, 3.8) is 0 Å². The highest BCUT2D eigenvalue weighted by molar-refractivity contribution is 9.10. The number of aromatic nitrogens is 3. The first kappa shape index (κ1) is 13.3. The third kappa shape index (κ3) is 2.90. The van der Waals surface area contributed by atoms with Gasteiger partial charge in [0, 0.05) is 10.4 Å². The summed E-state index contributed by atoms with van der Waals surface area (Å²) >= 11 is 3.39. The Hall–Kier alpha value is -1.69. The smallest absolute Gasteiger partial charge is 0.291 e. The molecule has 104 valence electrons. The number of nitrogens with one attached hydrogen (secondary N) is 2. The fourth-order valence-corrected chi connectivity index (χ4v) is 2.28. The summed E-state index contributed by atoms with van der Waals surface area (Å²) in [6, 6.07) is 7.77. The van der Waals surface area contributed by atoms with Crippen LogP contribution < -0.4 is 5.32 Å². The summed E-state index contributed by atoms with van der Waals surface area (Å²) in [5.41, 5.74) is 1.04. The summed E-state index contributed by atoms with van der Waals surface area (Å²) in [6.07, 6.45) is 2.26. The van der Waals surface area contributed by atoms with E-state index in [0.29, 0.717) is 5.92 Å². The van der Waals surface area contributed by atoms with Crippen LogP contribution in [0.15, 0.2) is 28.7 Å². The molecule has 0 unspecified atom stereocenters. The first-order chi connectivity index (χ1) is 9.63. The van der Waals surface area contributed by atoms with Gasteiger partial charge in [-0.05, 0) is 37.5 Å². The van der Waals surface area contributed by atoms with Crippen molar-refractivity contribution in [2.75, 3.05) is 0 Å². The average molecular weight is 335 g/mol. The monoisotopic (exact) mass is 334 g/mol. The van der Waals surface area contributed by atoms with Gasteiger partial charge < -0.3 is 5.32 Å². The molecule has 0 bridgehead atoms. The van der Waals surface area contributed by atoms with Gasteiger partial charge >= 0.3 is 0 Å². The van der Waals surface area contributed by atoms with Crippen molar-refractivity contribution in [3.05, 3.63) is 46.0 Å².